The normalized spacial score (nSPS) is 23.1. The molecule has 1 heterocycles. The van der Waals surface area contributed by atoms with Crippen molar-refractivity contribution in [3.05, 3.63) is 50.0 Å². The number of halogens is 1. The number of rotatable bonds is 10. The fraction of sp³-hybridized carbons (Fsp3) is 0.621. The molecule has 6 nitrogen and oxygen atoms in total. The van der Waals surface area contributed by atoms with Crippen LogP contribution in [-0.4, -0.2) is 53.8 Å². The molecule has 2 fully saturated rings. The summed E-state index contributed by atoms with van der Waals surface area (Å²) >= 11 is 0. The van der Waals surface area contributed by atoms with Gasteiger partial charge in [-0.25, -0.2) is 4.39 Å². The standard InChI is InChI=1S/C23H38N2O4.C6H4F.Li/c1-6-25(7-2)15-12-19-16-23(21(28)29-19)13-10-18(11-14-23)8-9-20(27)22(4,5)24-17(3)26;7-6-4-2-1-3-5-6;/h18-19H,1-2,6-16H2,3-5H3,(H,24,26);2-5H;/q-2;-1;+1/t18?,19-,23?;;/m0../s1. The van der Waals surface area contributed by atoms with Gasteiger partial charge in [0.2, 0.25) is 5.91 Å². The molecule has 1 aromatic carbocycles. The van der Waals surface area contributed by atoms with Crippen molar-refractivity contribution in [2.45, 2.75) is 83.8 Å². The predicted octanol–water partition coefficient (Wildman–Crippen LogP) is 1.73. The molecule has 1 N–H and O–H groups in total. The maximum absolute atomic E-state index is 12.6. The quantitative estimate of drug-likeness (QED) is 0.296. The molecule has 1 saturated carbocycles. The van der Waals surface area contributed by atoms with Gasteiger partial charge in [0.05, 0.1) is 11.0 Å². The molecule has 202 valence electrons. The molecule has 8 heteroatoms. The van der Waals surface area contributed by atoms with Crippen molar-refractivity contribution in [1.82, 2.24) is 10.2 Å². The molecule has 1 aliphatic carbocycles. The number of benzene rings is 1. The van der Waals surface area contributed by atoms with E-state index >= 15 is 0 Å². The van der Waals surface area contributed by atoms with Gasteiger partial charge in [-0.2, -0.15) is 18.2 Å². The molecule has 37 heavy (non-hydrogen) atoms. The molecular weight excluding hydrogens is 466 g/mol. The Morgan fingerprint density at radius 1 is 1.19 bits per heavy atom. The monoisotopic (exact) mass is 508 g/mol. The van der Waals surface area contributed by atoms with Gasteiger partial charge in [-0.05, 0) is 64.8 Å². The number of hydrogen-bond acceptors (Lipinski definition) is 5. The number of amides is 1. The van der Waals surface area contributed by atoms with Gasteiger partial charge in [0.15, 0.2) is 5.78 Å². The topological polar surface area (TPSA) is 75.7 Å². The smallest absolute Gasteiger partial charge is 0.462 e. The van der Waals surface area contributed by atoms with Gasteiger partial charge in [-0.3, -0.25) is 14.4 Å². The van der Waals surface area contributed by atoms with E-state index in [1.807, 2.05) is 0 Å². The molecule has 2 aliphatic rings. The van der Waals surface area contributed by atoms with Crippen LogP contribution in [0.1, 0.15) is 72.1 Å². The molecule has 0 radical (unpaired) electrons. The zero-order valence-electron chi connectivity index (χ0n) is 23.1. The van der Waals surface area contributed by atoms with Gasteiger partial charge in [-0.15, -0.1) is 25.2 Å². The third kappa shape index (κ3) is 10.5. The first kappa shape index (κ1) is 33.3. The summed E-state index contributed by atoms with van der Waals surface area (Å²) in [5.74, 6) is 0.0928. The van der Waals surface area contributed by atoms with Gasteiger partial charge in [0.1, 0.15) is 6.10 Å². The van der Waals surface area contributed by atoms with Crippen LogP contribution in [0.25, 0.3) is 0 Å². The third-order valence-corrected chi connectivity index (χ3v) is 7.43. The summed E-state index contributed by atoms with van der Waals surface area (Å²) in [7, 11) is 0. The van der Waals surface area contributed by atoms with Gasteiger partial charge in [-0.1, -0.05) is 0 Å². The van der Waals surface area contributed by atoms with Crippen LogP contribution in [0.4, 0.5) is 4.39 Å². The summed E-state index contributed by atoms with van der Waals surface area (Å²) < 4.78 is 17.6. The minimum absolute atomic E-state index is 0. The number of Topliss-reactive ketones (excluding diaryl/α,β-unsaturated/α-hetero) is 1. The molecule has 3 rings (SSSR count). The predicted molar refractivity (Wildman–Crippen MR) is 138 cm³/mol. The Balaban J connectivity index is 0.000000737. The number of esters is 1. The molecule has 0 aromatic heterocycles. The van der Waals surface area contributed by atoms with Crippen molar-refractivity contribution in [3.8, 4) is 0 Å². The second-order valence-corrected chi connectivity index (χ2v) is 10.6. The Hall–Kier alpha value is -1.68. The Labute approximate surface area is 234 Å². The van der Waals surface area contributed by atoms with E-state index in [1.54, 1.807) is 13.8 Å². The van der Waals surface area contributed by atoms with Crippen molar-refractivity contribution in [1.29, 1.82) is 0 Å². The fourth-order valence-corrected chi connectivity index (χ4v) is 5.11. The van der Waals surface area contributed by atoms with Crippen LogP contribution in [0.5, 0.6) is 0 Å². The molecular formula is C29H42FLiN2O4-2. The third-order valence-electron chi connectivity index (χ3n) is 7.43. The van der Waals surface area contributed by atoms with E-state index < -0.39 is 5.54 Å². The van der Waals surface area contributed by atoms with E-state index in [0.717, 1.165) is 51.5 Å². The average Bonchev–Trinajstić information content (AvgIpc) is 3.13. The number of carbonyl (C=O) groups excluding carboxylic acids is 3. The fourth-order valence-electron chi connectivity index (χ4n) is 5.11. The summed E-state index contributed by atoms with van der Waals surface area (Å²) in [4.78, 5) is 38.5. The first-order valence-corrected chi connectivity index (χ1v) is 13.0. The largest absolute Gasteiger partial charge is 1.00 e. The molecule has 1 amide bonds. The second kappa shape index (κ2) is 15.7. The van der Waals surface area contributed by atoms with E-state index in [1.165, 1.54) is 31.2 Å². The SMILES string of the molecule is Fc1cc[c-]cc1.[CH2-]CN(C[CH2-])CC[C@H]1CC2(CCC(CCC(=O)C(C)(C)NC(C)=O)CC2)C(=O)O1.[Li+]. The first-order chi connectivity index (χ1) is 17.0. The van der Waals surface area contributed by atoms with Crippen molar-refractivity contribution >= 4 is 17.7 Å². The minimum Gasteiger partial charge on any atom is -0.462 e. The number of hydrogen-bond donors (Lipinski definition) is 1. The summed E-state index contributed by atoms with van der Waals surface area (Å²) in [5.41, 5.74) is -1.14. The molecule has 1 aromatic rings. The van der Waals surface area contributed by atoms with E-state index in [0.29, 0.717) is 25.4 Å². The zero-order valence-corrected chi connectivity index (χ0v) is 23.1. The van der Waals surface area contributed by atoms with Gasteiger partial charge in [0.25, 0.3) is 0 Å². The Bertz CT molecular complexity index is 853. The van der Waals surface area contributed by atoms with Crippen molar-refractivity contribution in [3.63, 3.8) is 0 Å². The van der Waals surface area contributed by atoms with Crippen LogP contribution in [-0.2, 0) is 19.1 Å². The first-order valence-electron chi connectivity index (χ1n) is 13.0. The van der Waals surface area contributed by atoms with E-state index in [4.69, 9.17) is 4.74 Å². The van der Waals surface area contributed by atoms with Crippen LogP contribution in [0, 0.1) is 37.1 Å². The number of ketones is 1. The molecule has 1 atom stereocenters. The van der Waals surface area contributed by atoms with Crippen LogP contribution >= 0.6 is 0 Å². The van der Waals surface area contributed by atoms with Crippen LogP contribution in [0.2, 0.25) is 0 Å². The van der Waals surface area contributed by atoms with Crippen LogP contribution in [0.15, 0.2) is 24.3 Å². The maximum Gasteiger partial charge on any atom is 1.00 e. The van der Waals surface area contributed by atoms with Gasteiger partial charge < -0.3 is 28.8 Å². The van der Waals surface area contributed by atoms with E-state index in [9.17, 15) is 18.8 Å². The zero-order chi connectivity index (χ0) is 26.8. The molecule has 1 saturated heterocycles. The summed E-state index contributed by atoms with van der Waals surface area (Å²) in [6, 6.07) is 8.49. The van der Waals surface area contributed by atoms with Crippen LogP contribution < -0.4 is 24.2 Å². The van der Waals surface area contributed by atoms with E-state index in [2.05, 4.69) is 30.1 Å². The number of nitrogens with one attached hydrogen (secondary N) is 1. The summed E-state index contributed by atoms with van der Waals surface area (Å²) in [5, 5.41) is 2.72. The van der Waals surface area contributed by atoms with Crippen molar-refractivity contribution in [2.24, 2.45) is 11.3 Å². The number of nitrogens with zero attached hydrogens (tertiary/aromatic N) is 1. The minimum atomic E-state index is -0.819. The second-order valence-electron chi connectivity index (χ2n) is 10.6. The number of carbonyl (C=O) groups is 3. The number of cyclic esters (lactones) is 1. The summed E-state index contributed by atoms with van der Waals surface area (Å²) in [6.07, 6.45) is 6.56. The number of ether oxygens (including phenoxy) is 1. The van der Waals surface area contributed by atoms with E-state index in [-0.39, 0.29) is 53.9 Å². The molecule has 1 spiro atoms. The molecule has 0 bridgehead atoms. The Morgan fingerprint density at radius 2 is 1.78 bits per heavy atom. The molecule has 0 unspecified atom stereocenters. The van der Waals surface area contributed by atoms with Crippen molar-refractivity contribution < 1.29 is 42.4 Å². The Kier molecular flexibility index (Phi) is 14.1. The average molecular weight is 509 g/mol. The van der Waals surface area contributed by atoms with Gasteiger partial charge >= 0.3 is 24.8 Å². The van der Waals surface area contributed by atoms with Crippen molar-refractivity contribution in [2.75, 3.05) is 19.6 Å². The van der Waals surface area contributed by atoms with Crippen LogP contribution in [0.3, 0.4) is 0 Å². The maximum atomic E-state index is 12.6. The van der Waals surface area contributed by atoms with Gasteiger partial charge in [0, 0.05) is 25.6 Å². The molecule has 1 aliphatic heterocycles. The Morgan fingerprint density at radius 3 is 2.27 bits per heavy atom. The summed E-state index contributed by atoms with van der Waals surface area (Å²) in [6.45, 7) is 15.0.